The van der Waals surface area contributed by atoms with Crippen molar-refractivity contribution in [2.75, 3.05) is 18.5 Å². The highest BCUT2D eigenvalue weighted by Gasteiger charge is 2.11. The fourth-order valence-corrected chi connectivity index (χ4v) is 1.57. The Hall–Kier alpha value is -1.23. The molecule has 0 amide bonds. The molecular formula is C11H20N4O. The van der Waals surface area contributed by atoms with Crippen LogP contribution in [-0.4, -0.2) is 40.0 Å². The molecule has 0 spiro atoms. The minimum absolute atomic E-state index is 0.399. The molecule has 1 aromatic rings. The highest BCUT2D eigenvalue weighted by molar-refractivity contribution is 5.29. The Morgan fingerprint density at radius 3 is 2.31 bits per heavy atom. The van der Waals surface area contributed by atoms with E-state index in [0.717, 1.165) is 24.2 Å². The van der Waals surface area contributed by atoms with Crippen LogP contribution in [-0.2, 0) is 12.8 Å². The molecule has 1 aromatic heterocycles. The maximum absolute atomic E-state index is 9.29. The van der Waals surface area contributed by atoms with Crippen LogP contribution in [0.2, 0.25) is 0 Å². The van der Waals surface area contributed by atoms with E-state index in [4.69, 9.17) is 0 Å². The molecule has 0 saturated carbocycles. The molecular weight excluding hydrogens is 204 g/mol. The quantitative estimate of drug-likeness (QED) is 0.802. The number of aromatic nitrogens is 3. The number of aliphatic hydroxyl groups excluding tert-OH is 1. The number of anilines is 1. The first-order chi connectivity index (χ1) is 7.58. The SMILES string of the molecule is CCc1nnc(N(C)CC(C)O)nc1CC. The summed E-state index contributed by atoms with van der Waals surface area (Å²) in [6, 6.07) is 0. The third-order valence-electron chi connectivity index (χ3n) is 2.38. The first-order valence-electron chi connectivity index (χ1n) is 5.70. The Kier molecular flexibility index (Phi) is 4.61. The average Bonchev–Trinajstić information content (AvgIpc) is 2.27. The molecule has 0 aliphatic rings. The molecule has 0 bridgehead atoms. The van der Waals surface area contributed by atoms with E-state index in [1.807, 2.05) is 18.9 Å². The zero-order chi connectivity index (χ0) is 12.1. The van der Waals surface area contributed by atoms with E-state index in [1.165, 1.54) is 0 Å². The number of hydrogen-bond donors (Lipinski definition) is 1. The highest BCUT2D eigenvalue weighted by atomic mass is 16.3. The molecule has 1 atom stereocenters. The van der Waals surface area contributed by atoms with Gasteiger partial charge in [-0.3, -0.25) is 0 Å². The second-order valence-corrected chi connectivity index (χ2v) is 3.94. The van der Waals surface area contributed by atoms with Crippen molar-refractivity contribution in [1.29, 1.82) is 0 Å². The van der Waals surface area contributed by atoms with Gasteiger partial charge < -0.3 is 10.0 Å². The number of aliphatic hydroxyl groups is 1. The zero-order valence-electron chi connectivity index (χ0n) is 10.4. The highest BCUT2D eigenvalue weighted by Crippen LogP contribution is 2.09. The van der Waals surface area contributed by atoms with Crippen LogP contribution in [0.5, 0.6) is 0 Å². The van der Waals surface area contributed by atoms with Gasteiger partial charge in [0.25, 0.3) is 0 Å². The van der Waals surface area contributed by atoms with Crippen molar-refractivity contribution in [2.45, 2.75) is 39.7 Å². The lowest BCUT2D eigenvalue weighted by molar-refractivity contribution is 0.201. The molecule has 1 N–H and O–H groups in total. The summed E-state index contributed by atoms with van der Waals surface area (Å²) in [7, 11) is 1.86. The van der Waals surface area contributed by atoms with Crippen LogP contribution < -0.4 is 4.90 Å². The van der Waals surface area contributed by atoms with Gasteiger partial charge in [-0.05, 0) is 19.8 Å². The van der Waals surface area contributed by atoms with Gasteiger partial charge in [0.1, 0.15) is 0 Å². The van der Waals surface area contributed by atoms with E-state index in [1.54, 1.807) is 6.92 Å². The normalized spacial score (nSPS) is 12.6. The Morgan fingerprint density at radius 2 is 1.81 bits per heavy atom. The van der Waals surface area contributed by atoms with Crippen LogP contribution in [0.1, 0.15) is 32.2 Å². The van der Waals surface area contributed by atoms with Crippen LogP contribution in [0, 0.1) is 0 Å². The molecule has 5 nitrogen and oxygen atoms in total. The summed E-state index contributed by atoms with van der Waals surface area (Å²) >= 11 is 0. The monoisotopic (exact) mass is 224 g/mol. The van der Waals surface area contributed by atoms with Gasteiger partial charge in [-0.1, -0.05) is 13.8 Å². The summed E-state index contributed by atoms with van der Waals surface area (Å²) in [5.74, 6) is 0.579. The smallest absolute Gasteiger partial charge is 0.245 e. The van der Waals surface area contributed by atoms with Gasteiger partial charge in [-0.25, -0.2) is 4.98 Å². The van der Waals surface area contributed by atoms with Crippen molar-refractivity contribution < 1.29 is 5.11 Å². The van der Waals surface area contributed by atoms with Gasteiger partial charge in [0.05, 0.1) is 17.5 Å². The van der Waals surface area contributed by atoms with Gasteiger partial charge in [-0.15, -0.1) is 5.10 Å². The predicted molar refractivity (Wildman–Crippen MR) is 63.5 cm³/mol. The Bertz CT molecular complexity index is 341. The van der Waals surface area contributed by atoms with E-state index in [9.17, 15) is 5.11 Å². The molecule has 0 radical (unpaired) electrons. The van der Waals surface area contributed by atoms with E-state index in [2.05, 4.69) is 22.1 Å². The first kappa shape index (κ1) is 12.8. The predicted octanol–water partition coefficient (Wildman–Crippen LogP) is 0.813. The van der Waals surface area contributed by atoms with Gasteiger partial charge in [0.15, 0.2) is 0 Å². The van der Waals surface area contributed by atoms with Gasteiger partial charge in [0, 0.05) is 13.6 Å². The maximum atomic E-state index is 9.29. The van der Waals surface area contributed by atoms with Crippen molar-refractivity contribution in [1.82, 2.24) is 15.2 Å². The summed E-state index contributed by atoms with van der Waals surface area (Å²) in [5, 5.41) is 17.5. The third kappa shape index (κ3) is 3.13. The molecule has 1 rings (SSSR count). The van der Waals surface area contributed by atoms with E-state index in [-0.39, 0.29) is 0 Å². The topological polar surface area (TPSA) is 62.1 Å². The molecule has 0 fully saturated rings. The van der Waals surface area contributed by atoms with Crippen molar-refractivity contribution in [3.8, 4) is 0 Å². The standard InChI is InChI=1S/C11H20N4O/c1-5-9-10(6-2)13-14-11(12-9)15(4)7-8(3)16/h8,16H,5-7H2,1-4H3. The summed E-state index contributed by atoms with van der Waals surface area (Å²) in [6.45, 7) is 6.35. The number of hydrogen-bond acceptors (Lipinski definition) is 5. The van der Waals surface area contributed by atoms with Crippen LogP contribution in [0.15, 0.2) is 0 Å². The molecule has 1 unspecified atom stereocenters. The lowest BCUT2D eigenvalue weighted by Crippen LogP contribution is -2.29. The largest absolute Gasteiger partial charge is 0.392 e. The van der Waals surface area contributed by atoms with Gasteiger partial charge >= 0.3 is 0 Å². The summed E-state index contributed by atoms with van der Waals surface area (Å²) in [6.07, 6.45) is 1.31. The minimum Gasteiger partial charge on any atom is -0.392 e. The number of likely N-dealkylation sites (N-methyl/N-ethyl adjacent to an activating group) is 1. The summed E-state index contributed by atoms with van der Waals surface area (Å²) < 4.78 is 0. The first-order valence-corrected chi connectivity index (χ1v) is 5.70. The lowest BCUT2D eigenvalue weighted by atomic mass is 10.2. The summed E-state index contributed by atoms with van der Waals surface area (Å²) in [4.78, 5) is 6.27. The number of rotatable bonds is 5. The van der Waals surface area contributed by atoms with E-state index >= 15 is 0 Å². The van der Waals surface area contributed by atoms with Gasteiger partial charge in [-0.2, -0.15) is 5.10 Å². The van der Waals surface area contributed by atoms with Crippen LogP contribution >= 0.6 is 0 Å². The van der Waals surface area contributed by atoms with Crippen molar-refractivity contribution in [3.05, 3.63) is 11.4 Å². The third-order valence-corrected chi connectivity index (χ3v) is 2.38. The van der Waals surface area contributed by atoms with Crippen molar-refractivity contribution >= 4 is 5.95 Å². The number of aryl methyl sites for hydroxylation is 2. The zero-order valence-corrected chi connectivity index (χ0v) is 10.4. The van der Waals surface area contributed by atoms with Crippen LogP contribution in [0.4, 0.5) is 5.95 Å². The molecule has 5 heteroatoms. The fraction of sp³-hybridized carbons (Fsp3) is 0.727. The van der Waals surface area contributed by atoms with Crippen molar-refractivity contribution in [3.63, 3.8) is 0 Å². The molecule has 16 heavy (non-hydrogen) atoms. The van der Waals surface area contributed by atoms with E-state index < -0.39 is 6.10 Å². The van der Waals surface area contributed by atoms with Gasteiger partial charge in [0.2, 0.25) is 5.95 Å². The molecule has 0 aliphatic carbocycles. The molecule has 0 saturated heterocycles. The fourth-order valence-electron chi connectivity index (χ4n) is 1.57. The summed E-state index contributed by atoms with van der Waals surface area (Å²) in [5.41, 5.74) is 1.95. The number of nitrogens with zero attached hydrogens (tertiary/aromatic N) is 4. The van der Waals surface area contributed by atoms with Crippen molar-refractivity contribution in [2.24, 2.45) is 0 Å². The Morgan fingerprint density at radius 1 is 1.19 bits per heavy atom. The van der Waals surface area contributed by atoms with Crippen LogP contribution in [0.25, 0.3) is 0 Å². The average molecular weight is 224 g/mol. The second kappa shape index (κ2) is 5.75. The lowest BCUT2D eigenvalue weighted by Gasteiger charge is -2.18. The Labute approximate surface area is 96.5 Å². The molecule has 1 heterocycles. The Balaban J connectivity index is 2.89. The molecule has 0 aliphatic heterocycles. The molecule has 90 valence electrons. The maximum Gasteiger partial charge on any atom is 0.245 e. The van der Waals surface area contributed by atoms with Crippen LogP contribution in [0.3, 0.4) is 0 Å². The molecule has 0 aromatic carbocycles. The van der Waals surface area contributed by atoms with E-state index in [0.29, 0.717) is 12.5 Å². The second-order valence-electron chi connectivity index (χ2n) is 3.94. The minimum atomic E-state index is -0.399.